The molecule has 4 rings (SSSR count). The molecule has 1 aliphatic rings. The van der Waals surface area contributed by atoms with Gasteiger partial charge in [0.2, 0.25) is 0 Å². The van der Waals surface area contributed by atoms with Crippen LogP contribution < -0.4 is 0 Å². The molecule has 1 heteroatoms. The Morgan fingerprint density at radius 2 is 1.12 bits per heavy atom. The van der Waals surface area contributed by atoms with Crippen molar-refractivity contribution >= 4 is 5.78 Å². The van der Waals surface area contributed by atoms with E-state index in [1.165, 1.54) is 5.56 Å². The predicted molar refractivity (Wildman–Crippen MR) is 97.1 cm³/mol. The van der Waals surface area contributed by atoms with Crippen LogP contribution in [0.15, 0.2) is 91.0 Å². The van der Waals surface area contributed by atoms with Crippen LogP contribution in [0.1, 0.15) is 35.4 Å². The Balaban J connectivity index is 1.99. The molecule has 24 heavy (non-hydrogen) atoms. The number of ketones is 1. The Morgan fingerprint density at radius 1 is 0.667 bits per heavy atom. The lowest BCUT2D eigenvalue weighted by Crippen LogP contribution is -2.37. The highest BCUT2D eigenvalue weighted by Crippen LogP contribution is 2.52. The van der Waals surface area contributed by atoms with Crippen LogP contribution >= 0.6 is 0 Å². The molecule has 1 aliphatic carbocycles. The van der Waals surface area contributed by atoms with Crippen molar-refractivity contribution < 1.29 is 4.79 Å². The van der Waals surface area contributed by atoms with Crippen LogP contribution in [-0.2, 0) is 10.2 Å². The van der Waals surface area contributed by atoms with E-state index in [1.54, 1.807) is 0 Å². The first kappa shape index (κ1) is 14.9. The summed E-state index contributed by atoms with van der Waals surface area (Å²) in [6, 6.07) is 31.1. The topological polar surface area (TPSA) is 17.1 Å². The fourth-order valence-corrected chi connectivity index (χ4v) is 4.28. The minimum atomic E-state index is -0.579. The quantitative estimate of drug-likeness (QED) is 0.656. The van der Waals surface area contributed by atoms with Gasteiger partial charge in [0, 0.05) is 12.3 Å². The second kappa shape index (κ2) is 6.09. The molecular formula is C23H20O. The molecule has 1 unspecified atom stereocenters. The van der Waals surface area contributed by atoms with Crippen LogP contribution in [0.4, 0.5) is 0 Å². The highest BCUT2D eigenvalue weighted by molar-refractivity contribution is 5.97. The van der Waals surface area contributed by atoms with Crippen LogP contribution in [0.3, 0.4) is 0 Å². The van der Waals surface area contributed by atoms with Gasteiger partial charge < -0.3 is 0 Å². The first-order valence-electron chi connectivity index (χ1n) is 8.53. The molecule has 0 aliphatic heterocycles. The zero-order valence-corrected chi connectivity index (χ0v) is 13.6. The van der Waals surface area contributed by atoms with Gasteiger partial charge in [-0.2, -0.15) is 0 Å². The van der Waals surface area contributed by atoms with Crippen molar-refractivity contribution in [3.05, 3.63) is 108 Å². The molecule has 1 saturated carbocycles. The third-order valence-corrected chi connectivity index (χ3v) is 5.28. The molecule has 0 N–H and O–H groups in total. The van der Waals surface area contributed by atoms with Crippen LogP contribution in [0.25, 0.3) is 0 Å². The largest absolute Gasteiger partial charge is 0.298 e. The van der Waals surface area contributed by atoms with E-state index < -0.39 is 5.41 Å². The molecule has 3 aromatic rings. The van der Waals surface area contributed by atoms with Gasteiger partial charge in [-0.1, -0.05) is 91.0 Å². The van der Waals surface area contributed by atoms with E-state index in [-0.39, 0.29) is 5.92 Å². The lowest BCUT2D eigenvalue weighted by molar-refractivity contribution is -0.121. The Kier molecular flexibility index (Phi) is 3.78. The van der Waals surface area contributed by atoms with Gasteiger partial charge in [0.1, 0.15) is 5.78 Å². The third-order valence-electron chi connectivity index (χ3n) is 5.28. The Morgan fingerprint density at radius 3 is 1.62 bits per heavy atom. The average molecular weight is 312 g/mol. The van der Waals surface area contributed by atoms with E-state index in [4.69, 9.17) is 0 Å². The molecule has 0 bridgehead atoms. The van der Waals surface area contributed by atoms with Gasteiger partial charge in [0.25, 0.3) is 0 Å². The van der Waals surface area contributed by atoms with Crippen LogP contribution in [0.2, 0.25) is 0 Å². The summed E-state index contributed by atoms with van der Waals surface area (Å²) in [5.74, 6) is 0.504. The van der Waals surface area contributed by atoms with Crippen molar-refractivity contribution in [3.63, 3.8) is 0 Å². The zero-order chi connectivity index (χ0) is 16.4. The highest BCUT2D eigenvalue weighted by atomic mass is 16.1. The van der Waals surface area contributed by atoms with E-state index >= 15 is 0 Å². The lowest BCUT2D eigenvalue weighted by atomic mass is 9.65. The minimum absolute atomic E-state index is 0.177. The predicted octanol–water partition coefficient (Wildman–Crippen LogP) is 5.12. The molecule has 1 nitrogen and oxygen atoms in total. The normalized spacial score (nSPS) is 19.3. The Labute approximate surface area is 143 Å². The molecule has 118 valence electrons. The SMILES string of the molecule is O=C1CCC(c2ccccc2)C1(c1ccccc1)c1ccccc1. The smallest absolute Gasteiger partial charge is 0.148 e. The zero-order valence-electron chi connectivity index (χ0n) is 13.6. The van der Waals surface area contributed by atoms with Crippen molar-refractivity contribution in [2.45, 2.75) is 24.2 Å². The molecule has 3 aromatic carbocycles. The van der Waals surface area contributed by atoms with E-state index in [2.05, 4.69) is 48.5 Å². The first-order valence-corrected chi connectivity index (χ1v) is 8.53. The number of hydrogen-bond acceptors (Lipinski definition) is 1. The van der Waals surface area contributed by atoms with Crippen LogP contribution in [0.5, 0.6) is 0 Å². The van der Waals surface area contributed by atoms with Crippen molar-refractivity contribution in [3.8, 4) is 0 Å². The summed E-state index contributed by atoms with van der Waals surface area (Å²) >= 11 is 0. The van der Waals surface area contributed by atoms with E-state index in [0.29, 0.717) is 12.2 Å². The van der Waals surface area contributed by atoms with Gasteiger partial charge in [-0.15, -0.1) is 0 Å². The Hall–Kier alpha value is -2.67. The molecule has 0 aromatic heterocycles. The standard InChI is InChI=1S/C23H20O/c24-22-17-16-21(18-10-4-1-5-11-18)23(22,19-12-6-2-7-13-19)20-14-8-3-9-15-20/h1-15,21H,16-17H2. The van der Waals surface area contributed by atoms with Gasteiger partial charge in [-0.25, -0.2) is 0 Å². The molecule has 0 spiro atoms. The van der Waals surface area contributed by atoms with E-state index in [1.807, 2.05) is 42.5 Å². The summed E-state index contributed by atoms with van der Waals surface area (Å²) in [5, 5.41) is 0. The summed E-state index contributed by atoms with van der Waals surface area (Å²) in [6.45, 7) is 0. The first-order chi connectivity index (χ1) is 11.8. The summed E-state index contributed by atoms with van der Waals surface area (Å²) < 4.78 is 0. The molecule has 0 heterocycles. The molecule has 0 amide bonds. The second-order valence-electron chi connectivity index (χ2n) is 6.47. The maximum atomic E-state index is 13.3. The number of carbonyl (C=O) groups is 1. The molecular weight excluding hydrogens is 292 g/mol. The van der Waals surface area contributed by atoms with E-state index in [9.17, 15) is 4.79 Å². The fourth-order valence-electron chi connectivity index (χ4n) is 4.28. The van der Waals surface area contributed by atoms with Gasteiger partial charge in [0.15, 0.2) is 0 Å². The van der Waals surface area contributed by atoms with Gasteiger partial charge >= 0.3 is 0 Å². The fraction of sp³-hybridized carbons (Fsp3) is 0.174. The van der Waals surface area contributed by atoms with Gasteiger partial charge in [-0.3, -0.25) is 4.79 Å². The lowest BCUT2D eigenvalue weighted by Gasteiger charge is -2.36. The summed E-state index contributed by atoms with van der Waals surface area (Å²) in [5.41, 5.74) is 2.88. The van der Waals surface area contributed by atoms with E-state index in [0.717, 1.165) is 17.5 Å². The monoisotopic (exact) mass is 312 g/mol. The van der Waals surface area contributed by atoms with Gasteiger partial charge in [-0.05, 0) is 23.1 Å². The molecule has 1 atom stereocenters. The van der Waals surface area contributed by atoms with Crippen LogP contribution in [-0.4, -0.2) is 5.78 Å². The van der Waals surface area contributed by atoms with Gasteiger partial charge in [0.05, 0.1) is 5.41 Å². The number of hydrogen-bond donors (Lipinski definition) is 0. The second-order valence-corrected chi connectivity index (χ2v) is 6.47. The third kappa shape index (κ3) is 2.20. The molecule has 0 saturated heterocycles. The maximum absolute atomic E-state index is 13.3. The van der Waals surface area contributed by atoms with Crippen LogP contribution in [0, 0.1) is 0 Å². The Bertz CT molecular complexity index is 782. The summed E-state index contributed by atoms with van der Waals surface area (Å²) in [4.78, 5) is 13.3. The number of rotatable bonds is 3. The van der Waals surface area contributed by atoms with Crippen molar-refractivity contribution in [1.82, 2.24) is 0 Å². The minimum Gasteiger partial charge on any atom is -0.298 e. The highest BCUT2D eigenvalue weighted by Gasteiger charge is 2.52. The number of Topliss-reactive ketones (excluding diaryl/α,β-unsaturated/α-hetero) is 1. The van der Waals surface area contributed by atoms with Crippen molar-refractivity contribution in [2.75, 3.05) is 0 Å². The molecule has 1 fully saturated rings. The van der Waals surface area contributed by atoms with Crippen molar-refractivity contribution in [1.29, 1.82) is 0 Å². The molecule has 0 radical (unpaired) electrons. The summed E-state index contributed by atoms with van der Waals surface area (Å²) in [7, 11) is 0. The van der Waals surface area contributed by atoms with Crippen molar-refractivity contribution in [2.24, 2.45) is 0 Å². The number of carbonyl (C=O) groups excluding carboxylic acids is 1. The summed E-state index contributed by atoms with van der Waals surface area (Å²) in [6.07, 6.45) is 1.52. The average Bonchev–Trinajstić information content (AvgIpc) is 3.02. The maximum Gasteiger partial charge on any atom is 0.148 e. The number of benzene rings is 3.